The summed E-state index contributed by atoms with van der Waals surface area (Å²) in [6.07, 6.45) is -0.355. The van der Waals surface area contributed by atoms with Crippen molar-refractivity contribution in [3.8, 4) is 0 Å². The normalized spacial score (nSPS) is 12.3. The Labute approximate surface area is 176 Å². The van der Waals surface area contributed by atoms with Crippen LogP contribution in [-0.4, -0.2) is 70.0 Å². The van der Waals surface area contributed by atoms with Gasteiger partial charge in [-0.2, -0.15) is 0 Å². The molecule has 11 nitrogen and oxygen atoms in total. The Balaban J connectivity index is 2.56. The van der Waals surface area contributed by atoms with E-state index in [2.05, 4.69) is 16.0 Å². The molecule has 12 heteroatoms. The molecule has 0 aliphatic rings. The van der Waals surface area contributed by atoms with Gasteiger partial charge in [-0.25, -0.2) is 0 Å². The second-order valence-electron chi connectivity index (χ2n) is 6.14. The first kappa shape index (κ1) is 24.9. The Morgan fingerprint density at radius 1 is 1.03 bits per heavy atom. The summed E-state index contributed by atoms with van der Waals surface area (Å²) in [7, 11) is 0. The van der Waals surface area contributed by atoms with Crippen molar-refractivity contribution in [2.24, 2.45) is 5.73 Å². The van der Waals surface area contributed by atoms with Crippen LogP contribution in [0.25, 0.3) is 0 Å². The van der Waals surface area contributed by atoms with Crippen molar-refractivity contribution in [2.75, 3.05) is 23.4 Å². The van der Waals surface area contributed by atoms with Crippen molar-refractivity contribution in [3.05, 3.63) is 30.3 Å². The van der Waals surface area contributed by atoms with Crippen LogP contribution in [0.3, 0.4) is 0 Å². The largest absolute Gasteiger partial charge is 0.480 e. The van der Waals surface area contributed by atoms with Crippen LogP contribution in [0, 0.1) is 0 Å². The zero-order valence-electron chi connectivity index (χ0n) is 16.0. The summed E-state index contributed by atoms with van der Waals surface area (Å²) in [5, 5.41) is 24.7. The molecule has 1 rings (SSSR count). The summed E-state index contributed by atoms with van der Waals surface area (Å²) in [5.74, 6) is -4.16. The van der Waals surface area contributed by atoms with Crippen LogP contribution in [0.2, 0.25) is 0 Å². The predicted molar refractivity (Wildman–Crippen MR) is 110 cm³/mol. The number of para-hydroxylation sites is 1. The fourth-order valence-electron chi connectivity index (χ4n) is 2.13. The molecule has 0 aliphatic carbocycles. The van der Waals surface area contributed by atoms with Gasteiger partial charge in [-0.1, -0.05) is 18.2 Å². The molecule has 0 spiro atoms. The number of nitrogens with one attached hydrogen (secondary N) is 3. The average molecular weight is 440 g/mol. The highest BCUT2D eigenvalue weighted by Crippen LogP contribution is 2.09. The van der Waals surface area contributed by atoms with Gasteiger partial charge in [0, 0.05) is 17.9 Å². The highest BCUT2D eigenvalue weighted by atomic mass is 32.2. The van der Waals surface area contributed by atoms with Gasteiger partial charge in [0.25, 0.3) is 0 Å². The molecule has 1 aromatic rings. The third-order valence-corrected chi connectivity index (χ3v) is 4.68. The van der Waals surface area contributed by atoms with Gasteiger partial charge in [-0.3, -0.25) is 24.0 Å². The lowest BCUT2D eigenvalue weighted by atomic mass is 10.1. The number of amides is 3. The summed E-state index contributed by atoms with van der Waals surface area (Å²) in [4.78, 5) is 57.5. The van der Waals surface area contributed by atoms with Crippen LogP contribution in [0.5, 0.6) is 0 Å². The lowest BCUT2D eigenvalue weighted by Crippen LogP contribution is -2.49. The number of carbonyl (C=O) groups is 5. The number of rotatable bonds is 13. The third-order valence-electron chi connectivity index (χ3n) is 3.64. The first-order chi connectivity index (χ1) is 14.2. The Bertz CT molecular complexity index is 760. The number of carbonyl (C=O) groups excluding carboxylic acids is 3. The number of hydrogen-bond donors (Lipinski definition) is 6. The Morgan fingerprint density at radius 2 is 1.70 bits per heavy atom. The Hall–Kier alpha value is -3.12. The minimum Gasteiger partial charge on any atom is -0.480 e. The Morgan fingerprint density at radius 3 is 2.30 bits per heavy atom. The van der Waals surface area contributed by atoms with Crippen LogP contribution in [-0.2, 0) is 24.0 Å². The molecule has 0 aliphatic heterocycles. The van der Waals surface area contributed by atoms with Crippen molar-refractivity contribution in [1.82, 2.24) is 10.6 Å². The Kier molecular flexibility index (Phi) is 10.9. The number of hydrogen-bond acceptors (Lipinski definition) is 7. The highest BCUT2D eigenvalue weighted by molar-refractivity contribution is 8.00. The molecule has 164 valence electrons. The number of nitrogens with two attached hydrogens (primary N) is 1. The molecule has 2 atom stereocenters. The van der Waals surface area contributed by atoms with Gasteiger partial charge in [0.05, 0.1) is 5.75 Å². The minimum atomic E-state index is -1.25. The van der Waals surface area contributed by atoms with Crippen molar-refractivity contribution in [2.45, 2.75) is 24.9 Å². The molecule has 0 radical (unpaired) electrons. The third kappa shape index (κ3) is 10.4. The van der Waals surface area contributed by atoms with Gasteiger partial charge in [0.1, 0.15) is 18.6 Å². The van der Waals surface area contributed by atoms with E-state index in [1.54, 1.807) is 30.3 Å². The smallest absolute Gasteiger partial charge is 0.322 e. The van der Waals surface area contributed by atoms with Crippen molar-refractivity contribution >= 4 is 47.1 Å². The fraction of sp³-hybridized carbons (Fsp3) is 0.389. The topological polar surface area (TPSA) is 188 Å². The summed E-state index contributed by atoms with van der Waals surface area (Å²) in [5.41, 5.74) is 5.95. The quantitative estimate of drug-likeness (QED) is 0.229. The zero-order valence-corrected chi connectivity index (χ0v) is 16.8. The average Bonchev–Trinajstić information content (AvgIpc) is 2.70. The van der Waals surface area contributed by atoms with Gasteiger partial charge >= 0.3 is 11.9 Å². The summed E-state index contributed by atoms with van der Waals surface area (Å²) in [6.45, 7) is -0.631. The highest BCUT2D eigenvalue weighted by Gasteiger charge is 2.22. The van der Waals surface area contributed by atoms with E-state index in [0.29, 0.717) is 5.69 Å². The van der Waals surface area contributed by atoms with Crippen LogP contribution in [0.15, 0.2) is 30.3 Å². The summed E-state index contributed by atoms with van der Waals surface area (Å²) < 4.78 is 0. The molecule has 0 saturated heterocycles. The van der Waals surface area contributed by atoms with Gasteiger partial charge in [-0.15, -0.1) is 11.8 Å². The summed E-state index contributed by atoms with van der Waals surface area (Å²) in [6, 6.07) is 6.43. The molecule has 0 unspecified atom stereocenters. The van der Waals surface area contributed by atoms with Gasteiger partial charge in [-0.05, 0) is 18.6 Å². The van der Waals surface area contributed by atoms with E-state index in [0.717, 1.165) is 11.8 Å². The minimum absolute atomic E-state index is 0.00262. The molecule has 0 aromatic heterocycles. The van der Waals surface area contributed by atoms with Crippen molar-refractivity contribution in [3.63, 3.8) is 0 Å². The molecule has 0 saturated carbocycles. The van der Waals surface area contributed by atoms with Crippen LogP contribution in [0.1, 0.15) is 12.8 Å². The molecule has 0 heterocycles. The van der Waals surface area contributed by atoms with Crippen LogP contribution < -0.4 is 21.7 Å². The second-order valence-corrected chi connectivity index (χ2v) is 7.17. The molecule has 0 bridgehead atoms. The first-order valence-electron chi connectivity index (χ1n) is 8.89. The molecule has 1 aromatic carbocycles. The second kappa shape index (κ2) is 13.2. The van der Waals surface area contributed by atoms with Crippen LogP contribution in [0.4, 0.5) is 5.69 Å². The molecule has 3 amide bonds. The maximum absolute atomic E-state index is 12.2. The monoisotopic (exact) mass is 440 g/mol. The molecular formula is C18H24N4O7S. The van der Waals surface area contributed by atoms with Crippen LogP contribution >= 0.6 is 11.8 Å². The van der Waals surface area contributed by atoms with E-state index in [1.807, 2.05) is 0 Å². The first-order valence-corrected chi connectivity index (χ1v) is 10.0. The zero-order chi connectivity index (χ0) is 22.5. The predicted octanol–water partition coefficient (Wildman–Crippen LogP) is -0.764. The van der Waals surface area contributed by atoms with E-state index in [9.17, 15) is 24.0 Å². The molecule has 7 N–H and O–H groups in total. The van der Waals surface area contributed by atoms with E-state index in [4.69, 9.17) is 15.9 Å². The lowest BCUT2D eigenvalue weighted by molar-refractivity contribution is -0.139. The van der Waals surface area contributed by atoms with Crippen molar-refractivity contribution in [1.29, 1.82) is 0 Å². The van der Waals surface area contributed by atoms with E-state index >= 15 is 0 Å². The number of carboxylic acid groups (broad SMARTS) is 2. The SMILES string of the molecule is N[C@@H](CCC(=O)N[C@@H](CSCC(=O)Nc1ccccc1)C(=O)NCC(=O)O)C(=O)O. The molecule has 0 fully saturated rings. The number of carboxylic acids is 2. The number of aliphatic carboxylic acids is 2. The number of benzene rings is 1. The lowest BCUT2D eigenvalue weighted by Gasteiger charge is -2.18. The van der Waals surface area contributed by atoms with Gasteiger partial charge in [0.15, 0.2) is 0 Å². The van der Waals surface area contributed by atoms with E-state index in [-0.39, 0.29) is 30.3 Å². The standard InChI is InChI=1S/C18H24N4O7S/c19-12(18(28)29)6-7-14(23)22-13(17(27)20-8-16(25)26)9-30-10-15(24)21-11-4-2-1-3-5-11/h1-5,12-13H,6-10,19H2,(H,20,27)(H,21,24)(H,22,23)(H,25,26)(H,28,29)/t12-,13-/m0/s1. The maximum atomic E-state index is 12.2. The number of anilines is 1. The van der Waals surface area contributed by atoms with E-state index in [1.165, 1.54) is 0 Å². The van der Waals surface area contributed by atoms with Gasteiger partial charge < -0.3 is 31.9 Å². The van der Waals surface area contributed by atoms with E-state index < -0.39 is 42.4 Å². The molecule has 30 heavy (non-hydrogen) atoms. The number of thioether (sulfide) groups is 1. The fourth-order valence-corrected chi connectivity index (χ4v) is 2.98. The summed E-state index contributed by atoms with van der Waals surface area (Å²) >= 11 is 1.07. The maximum Gasteiger partial charge on any atom is 0.322 e. The van der Waals surface area contributed by atoms with Gasteiger partial charge in [0.2, 0.25) is 17.7 Å². The van der Waals surface area contributed by atoms with Crippen molar-refractivity contribution < 1.29 is 34.2 Å². The molecular weight excluding hydrogens is 416 g/mol.